The van der Waals surface area contributed by atoms with Crippen molar-refractivity contribution in [2.24, 2.45) is 0 Å². The topological polar surface area (TPSA) is 109 Å². The monoisotopic (exact) mass is 450 g/mol. The molecule has 0 aliphatic rings. The predicted molar refractivity (Wildman–Crippen MR) is 50.0 cm³/mol. The molecule has 0 rings (SSSR count). The van der Waals surface area contributed by atoms with Crippen LogP contribution in [-0.2, 0) is 20.2 Å². The molecule has 0 aliphatic heterocycles. The van der Waals surface area contributed by atoms with Crippen LogP contribution in [0, 0.1) is 0 Å². The van der Waals surface area contributed by atoms with Crippen LogP contribution in [0.1, 0.15) is 0 Å². The highest BCUT2D eigenvalue weighted by Gasteiger charge is 2.85. The van der Waals surface area contributed by atoms with Crippen LogP contribution < -0.4 is 0 Å². The zero-order valence-corrected chi connectivity index (χ0v) is 12.0. The predicted octanol–water partition coefficient (Wildman–Crippen LogP) is 2.69. The van der Waals surface area contributed by atoms with Gasteiger partial charge in [-0.1, -0.05) is 0 Å². The molecule has 0 unspecified atom stereocenters. The van der Waals surface area contributed by atoms with E-state index in [0.717, 1.165) is 0 Å². The van der Waals surface area contributed by atoms with Gasteiger partial charge >= 0.3 is 49.0 Å². The van der Waals surface area contributed by atoms with Crippen LogP contribution >= 0.6 is 0 Å². The number of hydrogen-bond acceptors (Lipinski definition) is 4. The summed E-state index contributed by atoms with van der Waals surface area (Å²) in [6.45, 7) is 0. The first-order valence-corrected chi connectivity index (χ1v) is 7.34. The van der Waals surface area contributed by atoms with Gasteiger partial charge in [0.25, 0.3) is 0 Å². The van der Waals surface area contributed by atoms with Gasteiger partial charge in [0.15, 0.2) is 0 Å². The second-order valence-electron chi connectivity index (χ2n) is 3.56. The van der Waals surface area contributed by atoms with Crippen molar-refractivity contribution in [3.63, 3.8) is 0 Å². The molecule has 0 aromatic rings. The Bertz CT molecular complexity index is 670. The lowest BCUT2D eigenvalue weighted by Gasteiger charge is -2.31. The summed E-state index contributed by atoms with van der Waals surface area (Å²) in [4.78, 5) is 0. The van der Waals surface area contributed by atoms with Gasteiger partial charge in [0, 0.05) is 0 Å². The Balaban J connectivity index is 0. The van der Waals surface area contributed by atoms with Gasteiger partial charge in [-0.05, 0) is 0 Å². The van der Waals surface area contributed by atoms with E-state index in [4.69, 9.17) is 17.5 Å². The first-order chi connectivity index (χ1) is 10.2. The Kier molecular flexibility index (Phi) is 6.93. The Labute approximate surface area is 128 Å². The molecule has 154 valence electrons. The standard InChI is InChI=1S/C4HF9O3S.CHF3O3S/c5-1(6,3(9,10)11)2(7,8)4(12,13)17(14,15)16;2-1(3,4)8(5,6)7/h(H,14,15,16);(H,5,6,7). The third-order valence-electron chi connectivity index (χ3n) is 1.73. The molecule has 0 saturated heterocycles. The van der Waals surface area contributed by atoms with Crippen LogP contribution in [0.4, 0.5) is 52.7 Å². The number of halogens is 12. The Morgan fingerprint density at radius 1 is 0.520 bits per heavy atom. The summed E-state index contributed by atoms with van der Waals surface area (Å²) in [5.41, 5.74) is -5.53. The van der Waals surface area contributed by atoms with Crippen molar-refractivity contribution in [3.05, 3.63) is 0 Å². The van der Waals surface area contributed by atoms with E-state index in [9.17, 15) is 61.1 Å². The second kappa shape index (κ2) is 6.61. The lowest BCUT2D eigenvalue weighted by Crippen LogP contribution is -2.63. The molecule has 20 heteroatoms. The molecule has 0 aromatic carbocycles. The van der Waals surface area contributed by atoms with Gasteiger partial charge in [-0.3, -0.25) is 9.11 Å². The van der Waals surface area contributed by atoms with Gasteiger partial charge in [0.2, 0.25) is 0 Å². The van der Waals surface area contributed by atoms with Crippen LogP contribution in [0.5, 0.6) is 0 Å². The fourth-order valence-corrected chi connectivity index (χ4v) is 0.975. The fourth-order valence-electron chi connectivity index (χ4n) is 0.523. The minimum Gasteiger partial charge on any atom is -0.281 e. The molecule has 0 aliphatic carbocycles. The SMILES string of the molecule is O=S(=O)(O)C(F)(F)C(F)(F)C(F)(F)C(F)(F)F.O=S(=O)(O)C(F)(F)F. The van der Waals surface area contributed by atoms with Gasteiger partial charge in [-0.2, -0.15) is 69.5 Å². The van der Waals surface area contributed by atoms with Gasteiger partial charge in [-0.25, -0.2) is 0 Å². The zero-order valence-electron chi connectivity index (χ0n) is 10.4. The van der Waals surface area contributed by atoms with E-state index < -0.39 is 49.0 Å². The molecule has 0 heterocycles. The average Bonchev–Trinajstić information content (AvgIpc) is 2.23. The van der Waals surface area contributed by atoms with Crippen molar-refractivity contribution in [2.45, 2.75) is 28.8 Å². The maximum Gasteiger partial charge on any atom is 0.522 e. The Morgan fingerprint density at radius 2 is 0.760 bits per heavy atom. The lowest BCUT2D eigenvalue weighted by molar-refractivity contribution is -0.382. The van der Waals surface area contributed by atoms with Crippen LogP contribution in [-0.4, -0.2) is 54.7 Å². The first kappa shape index (κ1) is 26.2. The van der Waals surface area contributed by atoms with Crippen LogP contribution in [0.3, 0.4) is 0 Å². The molecule has 6 nitrogen and oxygen atoms in total. The molecule has 2 N–H and O–H groups in total. The molecule has 0 radical (unpaired) electrons. The van der Waals surface area contributed by atoms with E-state index in [-0.39, 0.29) is 0 Å². The van der Waals surface area contributed by atoms with E-state index in [1.54, 1.807) is 0 Å². The summed E-state index contributed by atoms with van der Waals surface area (Å²) in [6, 6.07) is 0. The summed E-state index contributed by atoms with van der Waals surface area (Å²) in [5, 5.41) is -7.00. The average molecular weight is 450 g/mol. The zero-order chi connectivity index (χ0) is 21.5. The highest BCUT2D eigenvalue weighted by Crippen LogP contribution is 2.54. The normalized spacial score (nSPS) is 15.4. The third kappa shape index (κ3) is 5.23. The summed E-state index contributed by atoms with van der Waals surface area (Å²) >= 11 is 0. The van der Waals surface area contributed by atoms with Crippen molar-refractivity contribution in [2.75, 3.05) is 0 Å². The molecular weight excluding hydrogens is 448 g/mol. The minimum atomic E-state index is -7.37. The molecule has 0 saturated carbocycles. The van der Waals surface area contributed by atoms with E-state index in [2.05, 4.69) is 0 Å². The van der Waals surface area contributed by atoms with Crippen LogP contribution in [0.15, 0.2) is 0 Å². The molecule has 0 bridgehead atoms. The van der Waals surface area contributed by atoms with Gasteiger partial charge in [0.05, 0.1) is 0 Å². The highest BCUT2D eigenvalue weighted by molar-refractivity contribution is 7.87. The summed E-state index contributed by atoms with van der Waals surface area (Å²) in [6.07, 6.45) is -7.13. The maximum atomic E-state index is 12.2. The molecule has 0 aromatic heterocycles. The number of rotatable bonds is 3. The third-order valence-corrected chi connectivity index (χ3v) is 3.22. The van der Waals surface area contributed by atoms with Gasteiger partial charge in [-0.15, -0.1) is 0 Å². The Morgan fingerprint density at radius 3 is 0.880 bits per heavy atom. The lowest BCUT2D eigenvalue weighted by atomic mass is 10.1. The first-order valence-electron chi connectivity index (χ1n) is 4.46. The van der Waals surface area contributed by atoms with Gasteiger partial charge < -0.3 is 0 Å². The van der Waals surface area contributed by atoms with Crippen molar-refractivity contribution in [1.82, 2.24) is 0 Å². The Hall–Kier alpha value is -1.02. The van der Waals surface area contributed by atoms with Crippen LogP contribution in [0.25, 0.3) is 0 Å². The summed E-state index contributed by atoms with van der Waals surface area (Å²) in [5.74, 6) is -14.7. The molecular formula is C5H2F12O6S2. The van der Waals surface area contributed by atoms with Crippen molar-refractivity contribution in [3.8, 4) is 0 Å². The molecule has 0 fully saturated rings. The van der Waals surface area contributed by atoms with Crippen molar-refractivity contribution in [1.29, 1.82) is 0 Å². The van der Waals surface area contributed by atoms with E-state index in [1.807, 2.05) is 0 Å². The molecule has 0 spiro atoms. The fraction of sp³-hybridized carbons (Fsp3) is 1.00. The largest absolute Gasteiger partial charge is 0.522 e. The maximum absolute atomic E-state index is 12.2. The number of alkyl halides is 12. The minimum absolute atomic E-state index is 5.53. The summed E-state index contributed by atoms with van der Waals surface area (Å²) in [7, 11) is -13.0. The second-order valence-corrected chi connectivity index (χ2v) is 6.44. The van der Waals surface area contributed by atoms with Gasteiger partial charge in [0.1, 0.15) is 0 Å². The molecule has 0 amide bonds. The van der Waals surface area contributed by atoms with E-state index >= 15 is 0 Å². The quantitative estimate of drug-likeness (QED) is 0.389. The van der Waals surface area contributed by atoms with Crippen LogP contribution in [0.2, 0.25) is 0 Å². The highest BCUT2D eigenvalue weighted by atomic mass is 32.2. The summed E-state index contributed by atoms with van der Waals surface area (Å²) < 4.78 is 191. The van der Waals surface area contributed by atoms with E-state index in [1.165, 1.54) is 0 Å². The van der Waals surface area contributed by atoms with Crippen molar-refractivity contribution >= 4 is 20.2 Å². The molecule has 25 heavy (non-hydrogen) atoms. The van der Waals surface area contributed by atoms with Crippen molar-refractivity contribution < 1.29 is 78.6 Å². The van der Waals surface area contributed by atoms with E-state index in [0.29, 0.717) is 0 Å². The smallest absolute Gasteiger partial charge is 0.281 e. The number of hydrogen-bond donors (Lipinski definition) is 2. The molecule has 0 atom stereocenters.